The standard InChI is InChI=1S/C16H19ClN4O2/c1-4-23-15-13(17)8-12(9-18-15)16(22)20-10(2)7-11(3)21-14(20)5-6-19-21/h5-6,8-11H,4,7H2,1-3H3. The predicted octanol–water partition coefficient (Wildman–Crippen LogP) is 3.33. The molecule has 0 spiro atoms. The highest BCUT2D eigenvalue weighted by Crippen LogP contribution is 2.33. The number of carbonyl (C=O) groups is 1. The third kappa shape index (κ3) is 2.79. The molecule has 23 heavy (non-hydrogen) atoms. The fraction of sp³-hybridized carbons (Fsp3) is 0.438. The lowest BCUT2D eigenvalue weighted by molar-refractivity contribution is 0.0966. The average Bonchev–Trinajstić information content (AvgIpc) is 2.99. The molecule has 7 heteroatoms. The first kappa shape index (κ1) is 15.8. The van der Waals surface area contributed by atoms with E-state index in [9.17, 15) is 4.79 Å². The third-order valence-electron chi connectivity index (χ3n) is 3.99. The molecule has 2 aromatic rings. The van der Waals surface area contributed by atoms with Crippen molar-refractivity contribution in [2.24, 2.45) is 0 Å². The van der Waals surface area contributed by atoms with Crippen molar-refractivity contribution in [3.05, 3.63) is 35.1 Å². The molecule has 2 unspecified atom stereocenters. The maximum Gasteiger partial charge on any atom is 0.261 e. The summed E-state index contributed by atoms with van der Waals surface area (Å²) in [6, 6.07) is 3.80. The highest BCUT2D eigenvalue weighted by Gasteiger charge is 2.33. The molecule has 1 aliphatic heterocycles. The molecule has 122 valence electrons. The molecule has 1 aliphatic rings. The number of amides is 1. The molecular formula is C16H19ClN4O2. The van der Waals surface area contributed by atoms with Crippen molar-refractivity contribution in [3.63, 3.8) is 0 Å². The van der Waals surface area contributed by atoms with Crippen LogP contribution in [0.15, 0.2) is 24.5 Å². The van der Waals surface area contributed by atoms with E-state index in [0.717, 1.165) is 12.2 Å². The van der Waals surface area contributed by atoms with E-state index in [1.807, 2.05) is 24.6 Å². The topological polar surface area (TPSA) is 60.2 Å². The molecular weight excluding hydrogens is 316 g/mol. The van der Waals surface area contributed by atoms with Crippen molar-refractivity contribution < 1.29 is 9.53 Å². The summed E-state index contributed by atoms with van der Waals surface area (Å²) in [5.41, 5.74) is 0.438. The van der Waals surface area contributed by atoms with Crippen LogP contribution in [0.4, 0.5) is 5.82 Å². The summed E-state index contributed by atoms with van der Waals surface area (Å²) in [5.74, 6) is 1.01. The first-order valence-electron chi connectivity index (χ1n) is 7.68. The monoisotopic (exact) mass is 334 g/mol. The van der Waals surface area contributed by atoms with Crippen LogP contribution in [0.25, 0.3) is 0 Å². The summed E-state index contributed by atoms with van der Waals surface area (Å²) < 4.78 is 7.19. The van der Waals surface area contributed by atoms with Crippen LogP contribution >= 0.6 is 11.6 Å². The summed E-state index contributed by atoms with van der Waals surface area (Å²) >= 11 is 6.15. The van der Waals surface area contributed by atoms with Crippen LogP contribution in [0.2, 0.25) is 5.02 Å². The number of ether oxygens (including phenoxy) is 1. The maximum atomic E-state index is 12.9. The number of rotatable bonds is 3. The lowest BCUT2D eigenvalue weighted by atomic mass is 10.0. The van der Waals surface area contributed by atoms with Gasteiger partial charge in [0, 0.05) is 18.3 Å². The molecule has 0 bridgehead atoms. The van der Waals surface area contributed by atoms with Crippen LogP contribution in [-0.2, 0) is 0 Å². The van der Waals surface area contributed by atoms with E-state index in [1.54, 1.807) is 17.2 Å². The minimum Gasteiger partial charge on any atom is -0.477 e. The number of halogens is 1. The summed E-state index contributed by atoms with van der Waals surface area (Å²) in [7, 11) is 0. The maximum absolute atomic E-state index is 12.9. The number of carbonyl (C=O) groups excluding carboxylic acids is 1. The van der Waals surface area contributed by atoms with E-state index < -0.39 is 0 Å². The minimum absolute atomic E-state index is 0.0760. The Morgan fingerprint density at radius 1 is 1.43 bits per heavy atom. The number of hydrogen-bond acceptors (Lipinski definition) is 4. The number of anilines is 1. The van der Waals surface area contributed by atoms with Crippen LogP contribution in [0.1, 0.15) is 43.6 Å². The normalized spacial score (nSPS) is 20.3. The van der Waals surface area contributed by atoms with Gasteiger partial charge in [-0.25, -0.2) is 9.67 Å². The van der Waals surface area contributed by atoms with Crippen LogP contribution in [0.3, 0.4) is 0 Å². The van der Waals surface area contributed by atoms with Crippen molar-refractivity contribution in [1.82, 2.24) is 14.8 Å². The largest absolute Gasteiger partial charge is 0.477 e. The Morgan fingerprint density at radius 3 is 2.91 bits per heavy atom. The van der Waals surface area contributed by atoms with Gasteiger partial charge in [0.15, 0.2) is 0 Å². The lowest BCUT2D eigenvalue weighted by Gasteiger charge is -2.37. The molecule has 0 saturated heterocycles. The highest BCUT2D eigenvalue weighted by molar-refractivity contribution is 6.32. The Kier molecular flexibility index (Phi) is 4.26. The molecule has 0 N–H and O–H groups in total. The zero-order valence-electron chi connectivity index (χ0n) is 13.4. The fourth-order valence-corrected chi connectivity index (χ4v) is 3.21. The Morgan fingerprint density at radius 2 is 2.22 bits per heavy atom. The Labute approximate surface area is 140 Å². The Balaban J connectivity index is 1.94. The van der Waals surface area contributed by atoms with Gasteiger partial charge in [0.05, 0.1) is 24.4 Å². The van der Waals surface area contributed by atoms with Crippen molar-refractivity contribution in [2.75, 3.05) is 11.5 Å². The molecule has 2 atom stereocenters. The van der Waals surface area contributed by atoms with Gasteiger partial charge in [-0.05, 0) is 33.3 Å². The molecule has 0 fully saturated rings. The molecule has 2 aromatic heterocycles. The van der Waals surface area contributed by atoms with E-state index in [2.05, 4.69) is 17.0 Å². The Hall–Kier alpha value is -2.08. The van der Waals surface area contributed by atoms with Gasteiger partial charge in [-0.1, -0.05) is 11.6 Å². The quantitative estimate of drug-likeness (QED) is 0.863. The number of pyridine rings is 1. The van der Waals surface area contributed by atoms with Gasteiger partial charge in [-0.15, -0.1) is 0 Å². The number of fused-ring (bicyclic) bond motifs is 1. The summed E-state index contributed by atoms with van der Waals surface area (Å²) in [6.07, 6.45) is 4.07. The molecule has 3 rings (SSSR count). The summed E-state index contributed by atoms with van der Waals surface area (Å²) in [5, 5.41) is 4.65. The van der Waals surface area contributed by atoms with E-state index in [0.29, 0.717) is 23.1 Å². The molecule has 0 aromatic carbocycles. The zero-order valence-corrected chi connectivity index (χ0v) is 14.1. The lowest BCUT2D eigenvalue weighted by Crippen LogP contribution is -2.45. The van der Waals surface area contributed by atoms with Crippen LogP contribution in [-0.4, -0.2) is 33.3 Å². The SMILES string of the molecule is CCOc1ncc(C(=O)N2c3ccnn3C(C)CC2C)cc1Cl. The van der Waals surface area contributed by atoms with E-state index in [1.165, 1.54) is 6.20 Å². The van der Waals surface area contributed by atoms with Crippen molar-refractivity contribution in [1.29, 1.82) is 0 Å². The van der Waals surface area contributed by atoms with Gasteiger partial charge < -0.3 is 4.74 Å². The van der Waals surface area contributed by atoms with E-state index >= 15 is 0 Å². The van der Waals surface area contributed by atoms with E-state index in [4.69, 9.17) is 16.3 Å². The predicted molar refractivity (Wildman–Crippen MR) is 88.2 cm³/mol. The van der Waals surface area contributed by atoms with E-state index in [-0.39, 0.29) is 18.0 Å². The first-order chi connectivity index (χ1) is 11.0. The first-order valence-corrected chi connectivity index (χ1v) is 8.06. The summed E-state index contributed by atoms with van der Waals surface area (Å²) in [6.45, 7) is 6.47. The van der Waals surface area contributed by atoms with Gasteiger partial charge in [-0.2, -0.15) is 5.10 Å². The molecule has 1 amide bonds. The molecule has 3 heterocycles. The van der Waals surface area contributed by atoms with Crippen LogP contribution < -0.4 is 9.64 Å². The highest BCUT2D eigenvalue weighted by atomic mass is 35.5. The molecule has 0 aliphatic carbocycles. The third-order valence-corrected chi connectivity index (χ3v) is 4.26. The summed E-state index contributed by atoms with van der Waals surface area (Å²) in [4.78, 5) is 18.8. The molecule has 0 radical (unpaired) electrons. The second kappa shape index (κ2) is 6.20. The van der Waals surface area contributed by atoms with Crippen molar-refractivity contribution in [2.45, 2.75) is 39.3 Å². The average molecular weight is 335 g/mol. The van der Waals surface area contributed by atoms with Crippen molar-refractivity contribution in [3.8, 4) is 5.88 Å². The van der Waals surface area contributed by atoms with Crippen LogP contribution in [0.5, 0.6) is 5.88 Å². The second-order valence-electron chi connectivity index (χ2n) is 5.69. The smallest absolute Gasteiger partial charge is 0.261 e. The van der Waals surface area contributed by atoms with Gasteiger partial charge in [-0.3, -0.25) is 9.69 Å². The number of aromatic nitrogens is 3. The molecule has 6 nitrogen and oxygen atoms in total. The zero-order chi connectivity index (χ0) is 16.6. The fourth-order valence-electron chi connectivity index (χ4n) is 2.99. The minimum atomic E-state index is -0.136. The van der Waals surface area contributed by atoms with Gasteiger partial charge in [0.1, 0.15) is 10.8 Å². The number of nitrogens with zero attached hydrogens (tertiary/aromatic N) is 4. The van der Waals surface area contributed by atoms with Gasteiger partial charge in [0.25, 0.3) is 5.91 Å². The van der Waals surface area contributed by atoms with Crippen molar-refractivity contribution >= 4 is 23.3 Å². The Bertz CT molecular complexity index is 731. The van der Waals surface area contributed by atoms with Crippen LogP contribution in [0, 0.1) is 0 Å². The second-order valence-corrected chi connectivity index (χ2v) is 6.09. The number of hydrogen-bond donors (Lipinski definition) is 0. The van der Waals surface area contributed by atoms with Gasteiger partial charge in [0.2, 0.25) is 5.88 Å². The molecule has 0 saturated carbocycles. The van der Waals surface area contributed by atoms with Gasteiger partial charge >= 0.3 is 0 Å².